The molecule has 0 spiro atoms. The Balaban J connectivity index is 2.48. The van der Waals surface area contributed by atoms with Crippen molar-refractivity contribution in [2.75, 3.05) is 11.5 Å². The van der Waals surface area contributed by atoms with Gasteiger partial charge >= 0.3 is 0 Å². The number of nitrogens with zero attached hydrogens (tertiary/aromatic N) is 4. The van der Waals surface area contributed by atoms with Crippen molar-refractivity contribution >= 4 is 17.7 Å². The molecule has 5 nitrogen and oxygen atoms in total. The van der Waals surface area contributed by atoms with Gasteiger partial charge in [-0.1, -0.05) is 11.8 Å². The van der Waals surface area contributed by atoms with Crippen LogP contribution < -0.4 is 5.73 Å². The first kappa shape index (κ1) is 8.74. The van der Waals surface area contributed by atoms with Crippen molar-refractivity contribution in [3.63, 3.8) is 0 Å². The van der Waals surface area contributed by atoms with Gasteiger partial charge in [0.15, 0.2) is 5.16 Å². The lowest BCUT2D eigenvalue weighted by molar-refractivity contribution is 0.915. The fraction of sp³-hybridized carbons (Fsp3) is 0.333. The maximum absolute atomic E-state index is 8.26. The first-order valence-corrected chi connectivity index (χ1v) is 4.26. The molecule has 1 aromatic heterocycles. The summed E-state index contributed by atoms with van der Waals surface area (Å²) in [6, 6.07) is 2.03. The van der Waals surface area contributed by atoms with Crippen molar-refractivity contribution in [1.82, 2.24) is 15.0 Å². The predicted molar refractivity (Wildman–Crippen MR) is 45.2 cm³/mol. The molecule has 0 saturated carbocycles. The summed E-state index contributed by atoms with van der Waals surface area (Å²) in [5.74, 6) is 0.893. The van der Waals surface area contributed by atoms with Gasteiger partial charge in [-0.2, -0.15) is 10.2 Å². The quantitative estimate of drug-likeness (QED) is 0.538. The third-order valence-electron chi connectivity index (χ3n) is 1.01. The summed E-state index contributed by atoms with van der Waals surface area (Å²) in [6.45, 7) is 0. The Morgan fingerprint density at radius 3 is 3.08 bits per heavy atom. The maximum atomic E-state index is 8.26. The molecule has 0 aliphatic heterocycles. The number of thioether (sulfide) groups is 1. The highest BCUT2D eigenvalue weighted by atomic mass is 32.2. The monoisotopic (exact) mass is 181 g/mol. The largest absolute Gasteiger partial charge is 0.368 e. The molecule has 1 aromatic rings. The summed E-state index contributed by atoms with van der Waals surface area (Å²) in [5, 5.41) is 8.83. The van der Waals surface area contributed by atoms with Crippen molar-refractivity contribution in [1.29, 1.82) is 5.26 Å². The molecule has 0 amide bonds. The molecular weight excluding hydrogens is 174 g/mol. The number of hydrogen-bond acceptors (Lipinski definition) is 6. The van der Waals surface area contributed by atoms with E-state index in [1.165, 1.54) is 18.1 Å². The van der Waals surface area contributed by atoms with Gasteiger partial charge < -0.3 is 5.73 Å². The van der Waals surface area contributed by atoms with Crippen molar-refractivity contribution in [2.24, 2.45) is 0 Å². The minimum Gasteiger partial charge on any atom is -0.368 e. The normalized spacial score (nSPS) is 9.25. The average Bonchev–Trinajstić information content (AvgIpc) is 2.05. The van der Waals surface area contributed by atoms with Crippen LogP contribution >= 0.6 is 11.8 Å². The van der Waals surface area contributed by atoms with Gasteiger partial charge in [-0.05, 0) is 0 Å². The molecule has 0 unspecified atom stereocenters. The zero-order valence-electron chi connectivity index (χ0n) is 6.27. The molecule has 0 aliphatic carbocycles. The minimum atomic E-state index is 0.212. The highest BCUT2D eigenvalue weighted by molar-refractivity contribution is 7.99. The molecule has 12 heavy (non-hydrogen) atoms. The highest BCUT2D eigenvalue weighted by Crippen LogP contribution is 2.12. The van der Waals surface area contributed by atoms with E-state index in [2.05, 4.69) is 15.0 Å². The molecule has 0 bridgehead atoms. The zero-order chi connectivity index (χ0) is 8.81. The molecule has 0 atom stereocenters. The molecule has 1 rings (SSSR count). The summed E-state index contributed by atoms with van der Waals surface area (Å²) in [4.78, 5) is 11.4. The second kappa shape index (κ2) is 4.51. The van der Waals surface area contributed by atoms with E-state index in [9.17, 15) is 0 Å². The van der Waals surface area contributed by atoms with E-state index >= 15 is 0 Å². The number of anilines is 1. The van der Waals surface area contributed by atoms with Crippen LogP contribution in [0.4, 0.5) is 5.95 Å². The Hall–Kier alpha value is -1.35. The standard InChI is InChI=1S/C6H7N5S/c7-2-1-3-12-6-10-4-9-5(8)11-6/h4H,1,3H2,(H2,8,9,10,11). The van der Waals surface area contributed by atoms with Crippen LogP contribution in [-0.2, 0) is 0 Å². The number of nitrogen functional groups attached to an aromatic ring is 1. The molecule has 6 heteroatoms. The van der Waals surface area contributed by atoms with E-state index in [1.807, 2.05) is 6.07 Å². The topological polar surface area (TPSA) is 88.5 Å². The smallest absolute Gasteiger partial charge is 0.223 e. The van der Waals surface area contributed by atoms with Gasteiger partial charge in [0.05, 0.1) is 6.07 Å². The Labute approximate surface area is 74.0 Å². The lowest BCUT2D eigenvalue weighted by Gasteiger charge is -1.95. The number of hydrogen-bond donors (Lipinski definition) is 1. The summed E-state index contributed by atoms with van der Waals surface area (Å²) in [7, 11) is 0. The molecule has 0 saturated heterocycles. The molecule has 1 heterocycles. The maximum Gasteiger partial charge on any atom is 0.223 e. The van der Waals surface area contributed by atoms with Crippen molar-refractivity contribution in [3.8, 4) is 6.07 Å². The molecule has 2 N–H and O–H groups in total. The summed E-state index contributed by atoms with van der Waals surface area (Å²) < 4.78 is 0. The number of aromatic nitrogens is 3. The summed E-state index contributed by atoms with van der Waals surface area (Å²) >= 11 is 1.39. The van der Waals surface area contributed by atoms with Crippen LogP contribution in [0.3, 0.4) is 0 Å². The van der Waals surface area contributed by atoms with E-state index in [4.69, 9.17) is 11.0 Å². The molecular formula is C6H7N5S. The van der Waals surface area contributed by atoms with E-state index in [-0.39, 0.29) is 5.95 Å². The Bertz CT molecular complexity index is 294. The van der Waals surface area contributed by atoms with Gasteiger partial charge in [0.1, 0.15) is 6.33 Å². The molecule has 0 aromatic carbocycles. The van der Waals surface area contributed by atoms with E-state index in [1.54, 1.807) is 0 Å². The molecule has 0 fully saturated rings. The van der Waals surface area contributed by atoms with Gasteiger partial charge in [-0.15, -0.1) is 0 Å². The first-order chi connectivity index (χ1) is 5.83. The molecule has 0 aliphatic rings. The van der Waals surface area contributed by atoms with Crippen molar-refractivity contribution < 1.29 is 0 Å². The fourth-order valence-corrected chi connectivity index (χ4v) is 1.21. The summed E-state index contributed by atoms with van der Waals surface area (Å²) in [5.41, 5.74) is 5.32. The predicted octanol–water partition coefficient (Wildman–Crippen LogP) is 0.460. The number of rotatable bonds is 3. The lowest BCUT2D eigenvalue weighted by Crippen LogP contribution is -1.97. The van der Waals surface area contributed by atoms with E-state index in [0.29, 0.717) is 17.3 Å². The molecule has 62 valence electrons. The van der Waals surface area contributed by atoms with Crippen LogP contribution in [-0.4, -0.2) is 20.7 Å². The van der Waals surface area contributed by atoms with Crippen LogP contribution in [0.25, 0.3) is 0 Å². The van der Waals surface area contributed by atoms with Crippen LogP contribution in [0.15, 0.2) is 11.5 Å². The molecule has 0 radical (unpaired) electrons. The minimum absolute atomic E-state index is 0.212. The van der Waals surface area contributed by atoms with Crippen molar-refractivity contribution in [3.05, 3.63) is 6.33 Å². The van der Waals surface area contributed by atoms with Crippen molar-refractivity contribution in [2.45, 2.75) is 11.6 Å². The van der Waals surface area contributed by atoms with Crippen LogP contribution in [0.2, 0.25) is 0 Å². The third-order valence-corrected chi connectivity index (χ3v) is 1.88. The second-order valence-corrected chi connectivity index (χ2v) is 2.94. The van der Waals surface area contributed by atoms with Gasteiger partial charge in [0.2, 0.25) is 5.95 Å². The second-order valence-electron chi connectivity index (χ2n) is 1.88. The van der Waals surface area contributed by atoms with Gasteiger partial charge in [0.25, 0.3) is 0 Å². The number of nitrogens with two attached hydrogens (primary N) is 1. The van der Waals surface area contributed by atoms with Crippen LogP contribution in [0, 0.1) is 11.3 Å². The first-order valence-electron chi connectivity index (χ1n) is 3.27. The third kappa shape index (κ3) is 2.72. The van der Waals surface area contributed by atoms with Gasteiger partial charge in [0, 0.05) is 12.2 Å². The highest BCUT2D eigenvalue weighted by Gasteiger charge is 1.97. The fourth-order valence-electron chi connectivity index (χ4n) is 0.551. The Morgan fingerprint density at radius 1 is 1.58 bits per heavy atom. The van der Waals surface area contributed by atoms with Gasteiger partial charge in [-0.3, -0.25) is 0 Å². The summed E-state index contributed by atoms with van der Waals surface area (Å²) in [6.07, 6.45) is 1.84. The SMILES string of the molecule is N#CCCSc1ncnc(N)n1. The zero-order valence-corrected chi connectivity index (χ0v) is 7.08. The van der Waals surface area contributed by atoms with Crippen LogP contribution in [0.5, 0.6) is 0 Å². The Morgan fingerprint density at radius 2 is 2.42 bits per heavy atom. The number of nitriles is 1. The van der Waals surface area contributed by atoms with Gasteiger partial charge in [-0.25, -0.2) is 9.97 Å². The average molecular weight is 181 g/mol. The van der Waals surface area contributed by atoms with E-state index < -0.39 is 0 Å². The van der Waals surface area contributed by atoms with Crippen LogP contribution in [0.1, 0.15) is 6.42 Å². The Kier molecular flexibility index (Phi) is 3.29. The lowest BCUT2D eigenvalue weighted by atomic mass is 10.6. The van der Waals surface area contributed by atoms with E-state index in [0.717, 1.165) is 0 Å².